The van der Waals surface area contributed by atoms with E-state index in [1.54, 1.807) is 11.3 Å². The summed E-state index contributed by atoms with van der Waals surface area (Å²) in [6, 6.07) is 4.16. The van der Waals surface area contributed by atoms with Gasteiger partial charge in [0.2, 0.25) is 5.89 Å². The second-order valence-electron chi connectivity index (χ2n) is 6.36. The van der Waals surface area contributed by atoms with E-state index in [2.05, 4.69) is 33.3 Å². The van der Waals surface area contributed by atoms with Crippen LogP contribution >= 0.6 is 11.3 Å². The van der Waals surface area contributed by atoms with Gasteiger partial charge in [-0.2, -0.15) is 5.10 Å². The summed E-state index contributed by atoms with van der Waals surface area (Å²) in [6.07, 6.45) is 6.41. The average molecular weight is 343 g/mol. The Morgan fingerprint density at radius 2 is 2.12 bits per heavy atom. The van der Waals surface area contributed by atoms with Crippen LogP contribution in [0, 0.1) is 0 Å². The molecule has 0 aliphatic carbocycles. The van der Waals surface area contributed by atoms with Crippen LogP contribution in [0.3, 0.4) is 0 Å². The topological polar surface area (TPSA) is 60.0 Å². The van der Waals surface area contributed by atoms with E-state index in [-0.39, 0.29) is 6.04 Å². The van der Waals surface area contributed by atoms with Gasteiger partial charge in [0.05, 0.1) is 17.1 Å². The maximum Gasteiger partial charge on any atom is 0.257 e. The van der Waals surface area contributed by atoms with E-state index in [0.29, 0.717) is 17.7 Å². The Balaban J connectivity index is 1.40. The zero-order valence-corrected chi connectivity index (χ0v) is 14.7. The first-order valence-electron chi connectivity index (χ1n) is 8.30. The van der Waals surface area contributed by atoms with Gasteiger partial charge < -0.3 is 4.42 Å². The molecule has 0 bridgehead atoms. The fourth-order valence-corrected chi connectivity index (χ4v) is 3.97. The van der Waals surface area contributed by atoms with Gasteiger partial charge in [-0.15, -0.1) is 21.5 Å². The van der Waals surface area contributed by atoms with E-state index in [1.807, 2.05) is 35.4 Å². The number of thiophene rings is 1. The van der Waals surface area contributed by atoms with Crippen molar-refractivity contribution in [2.75, 3.05) is 13.1 Å². The normalized spacial score (nSPS) is 18.1. The standard InChI is InChI=1S/C17H21N5OS/c1-12(16-19-20-17(23-16)15-4-3-9-24-15)22-7-5-13(6-8-22)14-10-18-21(2)11-14/h3-4,9-13H,5-8H2,1-2H3. The third-order valence-corrected chi connectivity index (χ3v) is 5.66. The number of hydrogen-bond acceptors (Lipinski definition) is 6. The maximum atomic E-state index is 5.89. The van der Waals surface area contributed by atoms with Crippen LogP contribution in [-0.2, 0) is 7.05 Å². The molecular weight excluding hydrogens is 322 g/mol. The van der Waals surface area contributed by atoms with E-state index in [4.69, 9.17) is 4.42 Å². The van der Waals surface area contributed by atoms with Crippen LogP contribution in [0.1, 0.15) is 43.2 Å². The summed E-state index contributed by atoms with van der Waals surface area (Å²) in [5.74, 6) is 1.93. The van der Waals surface area contributed by atoms with Gasteiger partial charge in [0.1, 0.15) is 0 Å². The number of aromatic nitrogens is 4. The summed E-state index contributed by atoms with van der Waals surface area (Å²) in [5, 5.41) is 14.8. The average Bonchev–Trinajstić information content (AvgIpc) is 3.35. The van der Waals surface area contributed by atoms with Crippen LogP contribution < -0.4 is 0 Å². The maximum absolute atomic E-state index is 5.89. The van der Waals surface area contributed by atoms with Gasteiger partial charge in [-0.05, 0) is 55.8 Å². The van der Waals surface area contributed by atoms with Crippen molar-refractivity contribution in [1.82, 2.24) is 24.9 Å². The van der Waals surface area contributed by atoms with Crippen molar-refractivity contribution in [2.45, 2.75) is 31.7 Å². The second kappa shape index (κ2) is 6.49. The molecule has 1 atom stereocenters. The highest BCUT2D eigenvalue weighted by Crippen LogP contribution is 2.32. The number of nitrogens with zero attached hydrogens (tertiary/aromatic N) is 5. The molecule has 4 rings (SSSR count). The largest absolute Gasteiger partial charge is 0.418 e. The first-order valence-corrected chi connectivity index (χ1v) is 9.18. The van der Waals surface area contributed by atoms with Crippen molar-refractivity contribution in [1.29, 1.82) is 0 Å². The molecule has 0 amide bonds. The van der Waals surface area contributed by atoms with Gasteiger partial charge in [0, 0.05) is 13.2 Å². The minimum absolute atomic E-state index is 0.154. The van der Waals surface area contributed by atoms with Gasteiger partial charge in [0.25, 0.3) is 5.89 Å². The minimum atomic E-state index is 0.154. The fraction of sp³-hybridized carbons (Fsp3) is 0.471. The molecule has 3 aromatic rings. The van der Waals surface area contributed by atoms with Gasteiger partial charge >= 0.3 is 0 Å². The van der Waals surface area contributed by atoms with Crippen LogP contribution in [0.5, 0.6) is 0 Å². The minimum Gasteiger partial charge on any atom is -0.418 e. The molecule has 1 aliphatic rings. The van der Waals surface area contributed by atoms with Gasteiger partial charge in [-0.1, -0.05) is 6.07 Å². The molecule has 1 fully saturated rings. The molecule has 0 radical (unpaired) electrons. The third-order valence-electron chi connectivity index (χ3n) is 4.80. The first kappa shape index (κ1) is 15.5. The molecule has 4 heterocycles. The molecule has 0 spiro atoms. The summed E-state index contributed by atoms with van der Waals surface area (Å²) >= 11 is 1.62. The van der Waals surface area contributed by atoms with Crippen molar-refractivity contribution in [2.24, 2.45) is 7.05 Å². The zero-order valence-electron chi connectivity index (χ0n) is 13.9. The smallest absolute Gasteiger partial charge is 0.257 e. The lowest BCUT2D eigenvalue weighted by Crippen LogP contribution is -2.35. The Hall–Kier alpha value is -1.99. The molecule has 0 aromatic carbocycles. The van der Waals surface area contributed by atoms with Crippen LogP contribution in [0.2, 0.25) is 0 Å². The van der Waals surface area contributed by atoms with Crippen molar-refractivity contribution >= 4 is 11.3 Å². The molecule has 1 aliphatic heterocycles. The highest BCUT2D eigenvalue weighted by molar-refractivity contribution is 7.13. The summed E-state index contributed by atoms with van der Waals surface area (Å²) in [6.45, 7) is 4.23. The van der Waals surface area contributed by atoms with Crippen LogP contribution in [0.25, 0.3) is 10.8 Å². The second-order valence-corrected chi connectivity index (χ2v) is 7.30. The van der Waals surface area contributed by atoms with Crippen LogP contribution in [0.15, 0.2) is 34.3 Å². The Morgan fingerprint density at radius 3 is 2.79 bits per heavy atom. The van der Waals surface area contributed by atoms with E-state index >= 15 is 0 Å². The van der Waals surface area contributed by atoms with Gasteiger partial charge in [-0.25, -0.2) is 0 Å². The Bertz CT molecular complexity index is 786. The van der Waals surface area contributed by atoms with E-state index in [1.165, 1.54) is 5.56 Å². The third kappa shape index (κ3) is 3.01. The van der Waals surface area contributed by atoms with Gasteiger partial charge in [0.15, 0.2) is 0 Å². The molecule has 126 valence electrons. The Kier molecular flexibility index (Phi) is 4.20. The van der Waals surface area contributed by atoms with Crippen molar-refractivity contribution in [3.05, 3.63) is 41.4 Å². The van der Waals surface area contributed by atoms with E-state index in [9.17, 15) is 0 Å². The lowest BCUT2D eigenvalue weighted by Gasteiger charge is -2.34. The summed E-state index contributed by atoms with van der Waals surface area (Å²) in [7, 11) is 1.97. The Labute approximate surface area is 145 Å². The number of aryl methyl sites for hydroxylation is 1. The van der Waals surface area contributed by atoms with Crippen molar-refractivity contribution < 1.29 is 4.42 Å². The molecule has 7 heteroatoms. The predicted molar refractivity (Wildman–Crippen MR) is 92.8 cm³/mol. The number of hydrogen-bond donors (Lipinski definition) is 0. The molecule has 24 heavy (non-hydrogen) atoms. The Morgan fingerprint density at radius 1 is 1.29 bits per heavy atom. The highest BCUT2D eigenvalue weighted by atomic mass is 32.1. The summed E-state index contributed by atoms with van der Waals surface area (Å²) < 4.78 is 7.77. The zero-order chi connectivity index (χ0) is 16.5. The molecule has 1 saturated heterocycles. The van der Waals surface area contributed by atoms with Crippen LogP contribution in [-0.4, -0.2) is 38.0 Å². The quantitative estimate of drug-likeness (QED) is 0.726. The van der Waals surface area contributed by atoms with Gasteiger partial charge in [-0.3, -0.25) is 9.58 Å². The van der Waals surface area contributed by atoms with Crippen LogP contribution in [0.4, 0.5) is 0 Å². The van der Waals surface area contributed by atoms with E-state index < -0.39 is 0 Å². The molecule has 0 saturated carbocycles. The first-order chi connectivity index (χ1) is 11.7. The molecule has 3 aromatic heterocycles. The monoisotopic (exact) mass is 343 g/mol. The lowest BCUT2D eigenvalue weighted by molar-refractivity contribution is 0.143. The molecule has 0 N–H and O–H groups in total. The molecular formula is C17H21N5OS. The number of likely N-dealkylation sites (tertiary alicyclic amines) is 1. The predicted octanol–water partition coefficient (Wildman–Crippen LogP) is 3.47. The SMILES string of the molecule is CC(c1nnc(-c2cccs2)o1)N1CCC(c2cnn(C)c2)CC1. The highest BCUT2D eigenvalue weighted by Gasteiger charge is 2.28. The summed E-state index contributed by atoms with van der Waals surface area (Å²) in [5.41, 5.74) is 1.35. The number of rotatable bonds is 4. The fourth-order valence-electron chi connectivity index (χ4n) is 3.33. The van der Waals surface area contributed by atoms with Crippen molar-refractivity contribution in [3.8, 4) is 10.8 Å². The van der Waals surface area contributed by atoms with E-state index in [0.717, 1.165) is 30.8 Å². The number of piperidine rings is 1. The molecule has 1 unspecified atom stereocenters. The lowest BCUT2D eigenvalue weighted by atomic mass is 9.91. The summed E-state index contributed by atoms with van der Waals surface area (Å²) in [4.78, 5) is 3.45. The van der Waals surface area contributed by atoms with Crippen molar-refractivity contribution in [3.63, 3.8) is 0 Å². The molecule has 6 nitrogen and oxygen atoms in total.